The quantitative estimate of drug-likeness (QED) is 0.375. The summed E-state index contributed by atoms with van der Waals surface area (Å²) in [5.74, 6) is 0.203. The fourth-order valence-electron chi connectivity index (χ4n) is 2.39. The number of aromatic nitrogens is 2. The first-order chi connectivity index (χ1) is 9.58. The highest BCUT2D eigenvalue weighted by Crippen LogP contribution is 2.26. The number of halogens is 1. The van der Waals surface area contributed by atoms with Gasteiger partial charge in [-0.05, 0) is 57.4 Å². The Kier molecular flexibility index (Phi) is 5.08. The Hall–Kier alpha value is -1.47. The van der Waals surface area contributed by atoms with Gasteiger partial charge >= 0.3 is 5.69 Å². The molecule has 0 aromatic carbocycles. The zero-order valence-electron chi connectivity index (χ0n) is 11.4. The molecule has 1 aromatic rings. The van der Waals surface area contributed by atoms with Gasteiger partial charge in [0.25, 0.3) is 0 Å². The molecule has 8 heteroatoms. The van der Waals surface area contributed by atoms with Crippen LogP contribution in [0.5, 0.6) is 0 Å². The summed E-state index contributed by atoms with van der Waals surface area (Å²) in [7, 11) is 0. The van der Waals surface area contributed by atoms with E-state index in [1.54, 1.807) is 6.92 Å². The summed E-state index contributed by atoms with van der Waals surface area (Å²) in [4.78, 5) is 20.7. The molecule has 0 saturated carbocycles. The maximum absolute atomic E-state index is 11.0. The number of likely N-dealkylation sites (tertiary alicyclic amines) is 1. The lowest BCUT2D eigenvalue weighted by atomic mass is 10.3. The summed E-state index contributed by atoms with van der Waals surface area (Å²) in [6.45, 7) is 5.49. The molecule has 1 N–H and O–H groups in total. The molecule has 7 nitrogen and oxygen atoms in total. The molecule has 1 saturated heterocycles. The van der Waals surface area contributed by atoms with Crippen molar-refractivity contribution in [1.82, 2.24) is 14.9 Å². The van der Waals surface area contributed by atoms with Crippen molar-refractivity contribution in [3.8, 4) is 0 Å². The van der Waals surface area contributed by atoms with Gasteiger partial charge in [-0.25, -0.2) is 4.98 Å². The standard InChI is InChI=1S/C12H18ClN5O2/c1-9-10(18(19)20)11(16-12(13)15-9)14-5-4-8-17-6-2-3-7-17/h2-8H2,1H3,(H,14,15,16). The van der Waals surface area contributed by atoms with Gasteiger partial charge in [0.15, 0.2) is 0 Å². The van der Waals surface area contributed by atoms with E-state index in [2.05, 4.69) is 20.2 Å². The number of nitrogens with one attached hydrogen (secondary N) is 1. The Labute approximate surface area is 122 Å². The highest BCUT2D eigenvalue weighted by Gasteiger charge is 2.21. The Morgan fingerprint density at radius 1 is 1.40 bits per heavy atom. The largest absolute Gasteiger partial charge is 0.364 e. The second kappa shape index (κ2) is 6.81. The number of anilines is 1. The Morgan fingerprint density at radius 2 is 2.10 bits per heavy atom. The minimum Gasteiger partial charge on any atom is -0.364 e. The van der Waals surface area contributed by atoms with E-state index < -0.39 is 4.92 Å². The van der Waals surface area contributed by atoms with Gasteiger partial charge in [0.1, 0.15) is 5.69 Å². The van der Waals surface area contributed by atoms with Crippen molar-refractivity contribution >= 4 is 23.1 Å². The fraction of sp³-hybridized carbons (Fsp3) is 0.667. The van der Waals surface area contributed by atoms with Gasteiger partial charge in [-0.3, -0.25) is 10.1 Å². The molecule has 110 valence electrons. The summed E-state index contributed by atoms with van der Waals surface area (Å²) >= 11 is 5.75. The molecule has 0 bridgehead atoms. The van der Waals surface area contributed by atoms with E-state index in [0.29, 0.717) is 6.54 Å². The van der Waals surface area contributed by atoms with Crippen LogP contribution in [0.1, 0.15) is 25.0 Å². The third-order valence-corrected chi connectivity index (χ3v) is 3.52. The Morgan fingerprint density at radius 3 is 2.75 bits per heavy atom. The minimum atomic E-state index is -0.478. The van der Waals surface area contributed by atoms with Crippen molar-refractivity contribution in [3.05, 3.63) is 21.1 Å². The lowest BCUT2D eigenvalue weighted by molar-refractivity contribution is -0.385. The van der Waals surface area contributed by atoms with Gasteiger partial charge in [-0.1, -0.05) is 0 Å². The molecule has 0 unspecified atom stereocenters. The van der Waals surface area contributed by atoms with Crippen LogP contribution >= 0.6 is 11.6 Å². The number of hydrogen-bond donors (Lipinski definition) is 1. The van der Waals surface area contributed by atoms with Crippen LogP contribution in [0.25, 0.3) is 0 Å². The van der Waals surface area contributed by atoms with E-state index >= 15 is 0 Å². The predicted octanol–water partition coefficient (Wildman–Crippen LogP) is 2.24. The van der Waals surface area contributed by atoms with Crippen LogP contribution in [0.2, 0.25) is 5.28 Å². The first-order valence-electron chi connectivity index (χ1n) is 6.72. The number of rotatable bonds is 6. The van der Waals surface area contributed by atoms with Crippen LogP contribution in [0, 0.1) is 17.0 Å². The second-order valence-electron chi connectivity index (χ2n) is 4.86. The van der Waals surface area contributed by atoms with Crippen LogP contribution in [0.4, 0.5) is 11.5 Å². The van der Waals surface area contributed by atoms with E-state index in [1.807, 2.05) is 0 Å². The molecule has 0 spiro atoms. The molecule has 1 aliphatic rings. The molecule has 1 aromatic heterocycles. The number of nitro groups is 1. The smallest absolute Gasteiger partial charge is 0.332 e. The SMILES string of the molecule is Cc1nc(Cl)nc(NCCCN2CCCC2)c1[N+](=O)[O-]. The maximum Gasteiger partial charge on any atom is 0.332 e. The van der Waals surface area contributed by atoms with Gasteiger partial charge in [-0.15, -0.1) is 0 Å². The summed E-state index contributed by atoms with van der Waals surface area (Å²) in [5, 5.41) is 14.0. The summed E-state index contributed by atoms with van der Waals surface area (Å²) in [6.07, 6.45) is 3.44. The average molecular weight is 300 g/mol. The van der Waals surface area contributed by atoms with Crippen LogP contribution in [-0.4, -0.2) is 46.0 Å². The molecule has 1 fully saturated rings. The van der Waals surface area contributed by atoms with Crippen molar-refractivity contribution in [2.75, 3.05) is 31.5 Å². The van der Waals surface area contributed by atoms with Crippen LogP contribution in [-0.2, 0) is 0 Å². The maximum atomic E-state index is 11.0. The highest BCUT2D eigenvalue weighted by molar-refractivity contribution is 6.28. The second-order valence-corrected chi connectivity index (χ2v) is 5.20. The number of nitrogens with zero attached hydrogens (tertiary/aromatic N) is 4. The lowest BCUT2D eigenvalue weighted by Crippen LogP contribution is -2.22. The highest BCUT2D eigenvalue weighted by atomic mass is 35.5. The van der Waals surface area contributed by atoms with Gasteiger partial charge in [0.05, 0.1) is 4.92 Å². The molecule has 0 amide bonds. The van der Waals surface area contributed by atoms with E-state index in [1.165, 1.54) is 12.8 Å². The van der Waals surface area contributed by atoms with Crippen LogP contribution in [0.3, 0.4) is 0 Å². The van der Waals surface area contributed by atoms with Crippen LogP contribution in [0.15, 0.2) is 0 Å². The average Bonchev–Trinajstić information content (AvgIpc) is 2.86. The van der Waals surface area contributed by atoms with Gasteiger partial charge in [-0.2, -0.15) is 4.98 Å². The van der Waals surface area contributed by atoms with E-state index in [-0.39, 0.29) is 22.5 Å². The summed E-state index contributed by atoms with van der Waals surface area (Å²) in [5.41, 5.74) is 0.174. The van der Waals surface area contributed by atoms with Gasteiger partial charge in [0.2, 0.25) is 11.1 Å². The molecular weight excluding hydrogens is 282 g/mol. The predicted molar refractivity (Wildman–Crippen MR) is 77.2 cm³/mol. The molecule has 0 aliphatic carbocycles. The van der Waals surface area contributed by atoms with Gasteiger partial charge < -0.3 is 10.2 Å². The normalized spacial score (nSPS) is 15.5. The summed E-state index contributed by atoms with van der Waals surface area (Å²) < 4.78 is 0. The van der Waals surface area contributed by atoms with E-state index in [4.69, 9.17) is 11.6 Å². The van der Waals surface area contributed by atoms with Crippen molar-refractivity contribution in [3.63, 3.8) is 0 Å². The molecule has 0 radical (unpaired) electrons. The van der Waals surface area contributed by atoms with Crippen molar-refractivity contribution < 1.29 is 4.92 Å². The Balaban J connectivity index is 1.92. The first kappa shape index (κ1) is 14.9. The first-order valence-corrected chi connectivity index (χ1v) is 7.10. The molecule has 2 heterocycles. The van der Waals surface area contributed by atoms with E-state index in [9.17, 15) is 10.1 Å². The van der Waals surface area contributed by atoms with Crippen LogP contribution < -0.4 is 5.32 Å². The molecule has 0 atom stereocenters. The van der Waals surface area contributed by atoms with Gasteiger partial charge in [0, 0.05) is 6.54 Å². The lowest BCUT2D eigenvalue weighted by Gasteiger charge is -2.14. The third-order valence-electron chi connectivity index (χ3n) is 3.36. The number of hydrogen-bond acceptors (Lipinski definition) is 6. The molecule has 20 heavy (non-hydrogen) atoms. The molecule has 1 aliphatic heterocycles. The molecular formula is C12H18ClN5O2. The zero-order chi connectivity index (χ0) is 14.5. The fourth-order valence-corrected chi connectivity index (χ4v) is 2.60. The summed E-state index contributed by atoms with van der Waals surface area (Å²) in [6, 6.07) is 0. The Bertz CT molecular complexity index is 491. The monoisotopic (exact) mass is 299 g/mol. The van der Waals surface area contributed by atoms with Crippen molar-refractivity contribution in [1.29, 1.82) is 0 Å². The van der Waals surface area contributed by atoms with Crippen molar-refractivity contribution in [2.24, 2.45) is 0 Å². The topological polar surface area (TPSA) is 84.2 Å². The number of aryl methyl sites for hydroxylation is 1. The minimum absolute atomic E-state index is 0.0233. The third kappa shape index (κ3) is 3.77. The van der Waals surface area contributed by atoms with Crippen molar-refractivity contribution in [2.45, 2.75) is 26.2 Å². The van der Waals surface area contributed by atoms with E-state index in [0.717, 1.165) is 26.1 Å². The molecule has 2 rings (SSSR count). The zero-order valence-corrected chi connectivity index (χ0v) is 12.2.